The number of amides is 1. The maximum Gasteiger partial charge on any atom is 0.251 e. The van der Waals surface area contributed by atoms with Crippen LogP contribution < -0.4 is 10.6 Å². The summed E-state index contributed by atoms with van der Waals surface area (Å²) in [5.74, 6) is -0.457. The largest absolute Gasteiger partial charge is 0.348 e. The molecule has 1 aromatic rings. The van der Waals surface area contributed by atoms with Crippen LogP contribution in [0.25, 0.3) is 0 Å². The third-order valence-electron chi connectivity index (χ3n) is 3.10. The topological polar surface area (TPSA) is 41.1 Å². The van der Waals surface area contributed by atoms with Crippen molar-refractivity contribution in [1.29, 1.82) is 0 Å². The second-order valence-electron chi connectivity index (χ2n) is 4.56. The molecule has 2 N–H and O–H groups in total. The molecule has 1 fully saturated rings. The van der Waals surface area contributed by atoms with Crippen LogP contribution in [0.1, 0.15) is 30.1 Å². The van der Waals surface area contributed by atoms with E-state index in [1.807, 2.05) is 0 Å². The highest BCUT2D eigenvalue weighted by atomic mass is 19.1. The first-order chi connectivity index (χ1) is 8.15. The van der Waals surface area contributed by atoms with Crippen molar-refractivity contribution >= 4 is 5.91 Å². The highest BCUT2D eigenvalue weighted by Gasteiger charge is 2.19. The summed E-state index contributed by atoms with van der Waals surface area (Å²) in [4.78, 5) is 11.8. The number of nitrogens with one attached hydrogen (secondary N) is 2. The van der Waals surface area contributed by atoms with Crippen LogP contribution in [-0.2, 0) is 0 Å². The van der Waals surface area contributed by atoms with E-state index in [-0.39, 0.29) is 17.8 Å². The summed E-state index contributed by atoms with van der Waals surface area (Å²) in [6.07, 6.45) is 2.05. The fraction of sp³-hybridized carbons (Fsp3) is 0.462. The molecule has 2 unspecified atom stereocenters. The Labute approximate surface area is 100 Å². The third-order valence-corrected chi connectivity index (χ3v) is 3.10. The highest BCUT2D eigenvalue weighted by Crippen LogP contribution is 2.09. The van der Waals surface area contributed by atoms with Crippen molar-refractivity contribution in [2.75, 3.05) is 6.54 Å². The summed E-state index contributed by atoms with van der Waals surface area (Å²) < 4.78 is 12.7. The van der Waals surface area contributed by atoms with Crippen molar-refractivity contribution in [3.05, 3.63) is 35.6 Å². The Morgan fingerprint density at radius 2 is 2.06 bits per heavy atom. The fourth-order valence-corrected chi connectivity index (χ4v) is 1.99. The van der Waals surface area contributed by atoms with Gasteiger partial charge < -0.3 is 10.6 Å². The molecule has 0 radical (unpaired) electrons. The monoisotopic (exact) mass is 236 g/mol. The molecule has 1 aromatic carbocycles. The Morgan fingerprint density at radius 3 is 2.65 bits per heavy atom. The van der Waals surface area contributed by atoms with E-state index >= 15 is 0 Å². The summed E-state index contributed by atoms with van der Waals surface area (Å²) in [5, 5.41) is 6.27. The number of piperidine rings is 1. The van der Waals surface area contributed by atoms with E-state index in [4.69, 9.17) is 0 Å². The molecule has 3 nitrogen and oxygen atoms in total. The van der Waals surface area contributed by atoms with Crippen molar-refractivity contribution < 1.29 is 9.18 Å². The lowest BCUT2D eigenvalue weighted by atomic mass is 10.0. The lowest BCUT2D eigenvalue weighted by molar-refractivity contribution is 0.0927. The van der Waals surface area contributed by atoms with Crippen LogP contribution in [0.15, 0.2) is 24.3 Å². The van der Waals surface area contributed by atoms with Gasteiger partial charge in [-0.3, -0.25) is 4.79 Å². The number of rotatable bonds is 2. The maximum absolute atomic E-state index is 12.7. The Bertz CT molecular complexity index is 383. The zero-order valence-electron chi connectivity index (χ0n) is 9.87. The minimum Gasteiger partial charge on any atom is -0.348 e. The van der Waals surface area contributed by atoms with Gasteiger partial charge in [0.2, 0.25) is 0 Å². The maximum atomic E-state index is 12.7. The van der Waals surface area contributed by atoms with Crippen LogP contribution in [0.3, 0.4) is 0 Å². The van der Waals surface area contributed by atoms with Gasteiger partial charge in [0.25, 0.3) is 5.91 Å². The van der Waals surface area contributed by atoms with Crippen molar-refractivity contribution in [2.45, 2.75) is 31.8 Å². The number of carbonyl (C=O) groups excluding carboxylic acids is 1. The van der Waals surface area contributed by atoms with E-state index < -0.39 is 0 Å². The van der Waals surface area contributed by atoms with Gasteiger partial charge in [-0.25, -0.2) is 4.39 Å². The zero-order valence-corrected chi connectivity index (χ0v) is 9.87. The lowest BCUT2D eigenvalue weighted by Crippen LogP contribution is -2.48. The number of carbonyl (C=O) groups is 1. The van der Waals surface area contributed by atoms with Crippen LogP contribution >= 0.6 is 0 Å². The second kappa shape index (κ2) is 5.27. The first kappa shape index (κ1) is 12.0. The molecule has 17 heavy (non-hydrogen) atoms. The van der Waals surface area contributed by atoms with Crippen LogP contribution in [0, 0.1) is 5.82 Å². The number of benzene rings is 1. The molecule has 0 saturated carbocycles. The van der Waals surface area contributed by atoms with E-state index in [1.54, 1.807) is 0 Å². The molecule has 1 aliphatic rings. The fourth-order valence-electron chi connectivity index (χ4n) is 1.99. The van der Waals surface area contributed by atoms with Gasteiger partial charge in [-0.15, -0.1) is 0 Å². The number of halogens is 1. The molecule has 0 aromatic heterocycles. The molecule has 1 amide bonds. The summed E-state index contributed by atoms with van der Waals surface area (Å²) in [6, 6.07) is 6.30. The van der Waals surface area contributed by atoms with E-state index in [0.717, 1.165) is 19.4 Å². The Morgan fingerprint density at radius 1 is 1.35 bits per heavy atom. The average Bonchev–Trinajstić information content (AvgIpc) is 2.33. The van der Waals surface area contributed by atoms with E-state index in [1.165, 1.54) is 24.3 Å². The standard InChI is InChI=1S/C13H17FN2O/c1-9-2-7-12(8-15-9)16-13(17)10-3-5-11(14)6-4-10/h3-6,9,12,15H,2,7-8H2,1H3,(H,16,17). The molecule has 0 aliphatic carbocycles. The lowest BCUT2D eigenvalue weighted by Gasteiger charge is -2.28. The zero-order chi connectivity index (χ0) is 12.3. The highest BCUT2D eigenvalue weighted by molar-refractivity contribution is 5.94. The van der Waals surface area contributed by atoms with Crippen molar-refractivity contribution in [3.8, 4) is 0 Å². The van der Waals surface area contributed by atoms with Gasteiger partial charge in [0.1, 0.15) is 5.82 Å². The van der Waals surface area contributed by atoms with Gasteiger partial charge in [0, 0.05) is 24.2 Å². The van der Waals surface area contributed by atoms with Gasteiger partial charge in [0.05, 0.1) is 0 Å². The third kappa shape index (κ3) is 3.27. The van der Waals surface area contributed by atoms with Crippen LogP contribution in [0.4, 0.5) is 4.39 Å². The summed E-state index contributed by atoms with van der Waals surface area (Å²) >= 11 is 0. The van der Waals surface area contributed by atoms with Crippen molar-refractivity contribution in [2.24, 2.45) is 0 Å². The predicted octanol–water partition coefficient (Wildman–Crippen LogP) is 1.70. The molecule has 1 aliphatic heterocycles. The Hall–Kier alpha value is -1.42. The number of hydrogen-bond donors (Lipinski definition) is 2. The molecule has 92 valence electrons. The molecule has 0 bridgehead atoms. The van der Waals surface area contributed by atoms with Gasteiger partial charge in [0.15, 0.2) is 0 Å². The summed E-state index contributed by atoms with van der Waals surface area (Å²) in [7, 11) is 0. The van der Waals surface area contributed by atoms with Crippen molar-refractivity contribution in [3.63, 3.8) is 0 Å². The number of hydrogen-bond acceptors (Lipinski definition) is 2. The smallest absolute Gasteiger partial charge is 0.251 e. The van der Waals surface area contributed by atoms with Gasteiger partial charge in [-0.2, -0.15) is 0 Å². The second-order valence-corrected chi connectivity index (χ2v) is 4.56. The molecule has 1 heterocycles. The van der Waals surface area contributed by atoms with Crippen LogP contribution in [0.5, 0.6) is 0 Å². The normalized spacial score (nSPS) is 24.4. The molecule has 0 spiro atoms. The van der Waals surface area contributed by atoms with E-state index in [9.17, 15) is 9.18 Å². The van der Waals surface area contributed by atoms with Gasteiger partial charge in [-0.05, 0) is 44.0 Å². The summed E-state index contributed by atoms with van der Waals surface area (Å²) in [5.41, 5.74) is 0.505. The van der Waals surface area contributed by atoms with Crippen molar-refractivity contribution in [1.82, 2.24) is 10.6 Å². The predicted molar refractivity (Wildman–Crippen MR) is 64.4 cm³/mol. The Balaban J connectivity index is 1.91. The van der Waals surface area contributed by atoms with Crippen LogP contribution in [0.2, 0.25) is 0 Å². The average molecular weight is 236 g/mol. The molecule has 4 heteroatoms. The molecule has 2 atom stereocenters. The first-order valence-electron chi connectivity index (χ1n) is 5.95. The Kier molecular flexibility index (Phi) is 3.74. The quantitative estimate of drug-likeness (QED) is 0.820. The first-order valence-corrected chi connectivity index (χ1v) is 5.95. The molecular weight excluding hydrogens is 219 g/mol. The van der Waals surface area contributed by atoms with Crippen LogP contribution in [-0.4, -0.2) is 24.5 Å². The minimum absolute atomic E-state index is 0.133. The van der Waals surface area contributed by atoms with Gasteiger partial charge in [-0.1, -0.05) is 0 Å². The summed E-state index contributed by atoms with van der Waals surface area (Å²) in [6.45, 7) is 2.94. The molecule has 1 saturated heterocycles. The SMILES string of the molecule is CC1CCC(NC(=O)c2ccc(F)cc2)CN1. The molecule has 2 rings (SSSR count). The van der Waals surface area contributed by atoms with Gasteiger partial charge >= 0.3 is 0 Å². The molecular formula is C13H17FN2O. The van der Waals surface area contributed by atoms with E-state index in [2.05, 4.69) is 17.6 Å². The van der Waals surface area contributed by atoms with E-state index in [0.29, 0.717) is 11.6 Å². The minimum atomic E-state index is -0.324.